The number of nitrogens with zero attached hydrogens (tertiary/aromatic N) is 3. The van der Waals surface area contributed by atoms with Crippen molar-refractivity contribution in [3.63, 3.8) is 0 Å². The summed E-state index contributed by atoms with van der Waals surface area (Å²) in [6.07, 6.45) is 5.91. The molecule has 0 spiro atoms. The first-order chi connectivity index (χ1) is 10.2. The molecule has 0 radical (unpaired) electrons. The molecular formula is C16H24N4S. The maximum atomic E-state index is 4.83. The van der Waals surface area contributed by atoms with Crippen molar-refractivity contribution in [3.05, 3.63) is 40.7 Å². The summed E-state index contributed by atoms with van der Waals surface area (Å²) in [7, 11) is 2.10. The molecule has 0 unspecified atom stereocenters. The van der Waals surface area contributed by atoms with E-state index in [1.54, 1.807) is 17.5 Å². The van der Waals surface area contributed by atoms with E-state index >= 15 is 0 Å². The van der Waals surface area contributed by atoms with Crippen LogP contribution in [0.15, 0.2) is 24.5 Å². The molecule has 0 amide bonds. The largest absolute Gasteiger partial charge is 0.347 e. The van der Waals surface area contributed by atoms with Gasteiger partial charge in [0.15, 0.2) is 5.13 Å². The van der Waals surface area contributed by atoms with E-state index < -0.39 is 0 Å². The van der Waals surface area contributed by atoms with Crippen molar-refractivity contribution in [2.75, 3.05) is 18.5 Å². The van der Waals surface area contributed by atoms with Crippen molar-refractivity contribution in [1.82, 2.24) is 15.3 Å². The lowest BCUT2D eigenvalue weighted by Crippen LogP contribution is -2.16. The van der Waals surface area contributed by atoms with Crippen molar-refractivity contribution >= 4 is 16.5 Å². The molecule has 2 aromatic rings. The first kappa shape index (κ1) is 15.9. The fraction of sp³-hybridized carbons (Fsp3) is 0.500. The zero-order valence-electron chi connectivity index (χ0n) is 13.1. The number of aromatic nitrogens is 2. The number of thiazole rings is 1. The van der Waals surface area contributed by atoms with Gasteiger partial charge in [0.2, 0.25) is 0 Å². The van der Waals surface area contributed by atoms with Gasteiger partial charge in [0.05, 0.1) is 5.69 Å². The second-order valence-corrected chi connectivity index (χ2v) is 6.18. The molecule has 5 heteroatoms. The number of aryl methyl sites for hydroxylation is 1. The third kappa shape index (κ3) is 4.51. The van der Waals surface area contributed by atoms with Crippen LogP contribution in [0, 0.1) is 0 Å². The van der Waals surface area contributed by atoms with Gasteiger partial charge in [-0.25, -0.2) is 4.98 Å². The monoisotopic (exact) mass is 304 g/mol. The molecule has 2 rings (SSSR count). The summed E-state index contributed by atoms with van der Waals surface area (Å²) in [5.74, 6) is 0. The van der Waals surface area contributed by atoms with Gasteiger partial charge in [0, 0.05) is 37.4 Å². The van der Waals surface area contributed by atoms with Crippen molar-refractivity contribution in [3.8, 4) is 0 Å². The maximum absolute atomic E-state index is 4.83. The Morgan fingerprint density at radius 1 is 1.33 bits per heavy atom. The van der Waals surface area contributed by atoms with E-state index in [-0.39, 0.29) is 0 Å². The quantitative estimate of drug-likeness (QED) is 0.813. The van der Waals surface area contributed by atoms with Gasteiger partial charge >= 0.3 is 0 Å². The maximum Gasteiger partial charge on any atom is 0.185 e. The second-order valence-electron chi connectivity index (χ2n) is 5.11. The van der Waals surface area contributed by atoms with Crippen molar-refractivity contribution in [1.29, 1.82) is 0 Å². The summed E-state index contributed by atoms with van der Waals surface area (Å²) in [6.45, 7) is 7.09. The van der Waals surface area contributed by atoms with Crippen molar-refractivity contribution < 1.29 is 0 Å². The Morgan fingerprint density at radius 3 is 2.86 bits per heavy atom. The Labute approximate surface area is 131 Å². The number of anilines is 1. The van der Waals surface area contributed by atoms with Crippen LogP contribution in [0.3, 0.4) is 0 Å². The highest BCUT2D eigenvalue weighted by molar-refractivity contribution is 7.15. The highest BCUT2D eigenvalue weighted by Gasteiger charge is 2.13. The van der Waals surface area contributed by atoms with Crippen LogP contribution in [-0.4, -0.2) is 23.6 Å². The third-order valence-corrected chi connectivity index (χ3v) is 4.47. The van der Waals surface area contributed by atoms with E-state index in [4.69, 9.17) is 4.98 Å². The SMILES string of the molecule is CCCc1nc(N(C)Cc2cccnc2)sc1CNCC. The molecule has 0 bridgehead atoms. The first-order valence-electron chi connectivity index (χ1n) is 7.53. The predicted octanol–water partition coefficient (Wildman–Crippen LogP) is 3.24. The van der Waals surface area contributed by atoms with Crippen LogP contribution in [0.5, 0.6) is 0 Å². The smallest absolute Gasteiger partial charge is 0.185 e. The fourth-order valence-corrected chi connectivity index (χ4v) is 3.21. The highest BCUT2D eigenvalue weighted by atomic mass is 32.1. The normalized spacial score (nSPS) is 10.8. The predicted molar refractivity (Wildman–Crippen MR) is 89.8 cm³/mol. The lowest BCUT2D eigenvalue weighted by Gasteiger charge is -2.15. The molecule has 0 fully saturated rings. The van der Waals surface area contributed by atoms with Crippen LogP contribution in [0.25, 0.3) is 0 Å². The molecule has 114 valence electrons. The summed E-state index contributed by atoms with van der Waals surface area (Å²) in [6, 6.07) is 4.08. The van der Waals surface area contributed by atoms with Gasteiger partial charge in [-0.2, -0.15) is 0 Å². The number of hydrogen-bond donors (Lipinski definition) is 1. The molecule has 0 aliphatic carbocycles. The van der Waals surface area contributed by atoms with Crippen LogP contribution in [0.4, 0.5) is 5.13 Å². The van der Waals surface area contributed by atoms with E-state index in [1.165, 1.54) is 16.1 Å². The van der Waals surface area contributed by atoms with E-state index in [2.05, 4.69) is 42.2 Å². The van der Waals surface area contributed by atoms with Crippen molar-refractivity contribution in [2.24, 2.45) is 0 Å². The Hall–Kier alpha value is -1.46. The van der Waals surface area contributed by atoms with E-state index in [9.17, 15) is 0 Å². The van der Waals surface area contributed by atoms with Crippen LogP contribution >= 0.6 is 11.3 Å². The summed E-state index contributed by atoms with van der Waals surface area (Å²) < 4.78 is 0. The third-order valence-electron chi connectivity index (χ3n) is 3.26. The fourth-order valence-electron chi connectivity index (χ4n) is 2.17. The molecule has 0 saturated carbocycles. The Balaban J connectivity index is 2.10. The number of rotatable bonds is 8. The number of nitrogens with one attached hydrogen (secondary N) is 1. The van der Waals surface area contributed by atoms with Gasteiger partial charge < -0.3 is 10.2 Å². The van der Waals surface area contributed by atoms with Crippen LogP contribution < -0.4 is 10.2 Å². The summed E-state index contributed by atoms with van der Waals surface area (Å²) in [5, 5.41) is 4.50. The van der Waals surface area contributed by atoms with E-state index in [1.807, 2.05) is 12.3 Å². The highest BCUT2D eigenvalue weighted by Crippen LogP contribution is 2.27. The minimum atomic E-state index is 0.841. The molecule has 0 aliphatic heterocycles. The Bertz CT molecular complexity index is 538. The zero-order valence-corrected chi connectivity index (χ0v) is 13.9. The molecule has 0 saturated heterocycles. The van der Waals surface area contributed by atoms with Gasteiger partial charge in [0.25, 0.3) is 0 Å². The van der Waals surface area contributed by atoms with Crippen LogP contribution in [0.1, 0.15) is 36.4 Å². The van der Waals surface area contributed by atoms with Gasteiger partial charge in [-0.1, -0.05) is 26.3 Å². The Kier molecular flexibility index (Phi) is 6.14. The minimum Gasteiger partial charge on any atom is -0.347 e. The van der Waals surface area contributed by atoms with Crippen molar-refractivity contribution in [2.45, 2.75) is 39.8 Å². The molecular weight excluding hydrogens is 280 g/mol. The molecule has 2 heterocycles. The Morgan fingerprint density at radius 2 is 2.19 bits per heavy atom. The molecule has 0 aliphatic rings. The summed E-state index contributed by atoms with van der Waals surface area (Å²) in [4.78, 5) is 12.6. The van der Waals surface area contributed by atoms with E-state index in [0.29, 0.717) is 0 Å². The van der Waals surface area contributed by atoms with E-state index in [0.717, 1.165) is 37.6 Å². The molecule has 21 heavy (non-hydrogen) atoms. The lowest BCUT2D eigenvalue weighted by atomic mass is 10.2. The number of hydrogen-bond acceptors (Lipinski definition) is 5. The second kappa shape index (κ2) is 8.10. The molecule has 2 aromatic heterocycles. The average molecular weight is 304 g/mol. The molecule has 4 nitrogen and oxygen atoms in total. The molecule has 0 atom stereocenters. The number of pyridine rings is 1. The van der Waals surface area contributed by atoms with Gasteiger partial charge in [-0.15, -0.1) is 11.3 Å². The topological polar surface area (TPSA) is 41.1 Å². The first-order valence-corrected chi connectivity index (χ1v) is 8.35. The van der Waals surface area contributed by atoms with Gasteiger partial charge in [0.1, 0.15) is 0 Å². The summed E-state index contributed by atoms with van der Waals surface area (Å²) >= 11 is 1.80. The van der Waals surface area contributed by atoms with Gasteiger partial charge in [-0.05, 0) is 24.6 Å². The zero-order chi connectivity index (χ0) is 15.1. The van der Waals surface area contributed by atoms with Crippen LogP contribution in [-0.2, 0) is 19.5 Å². The lowest BCUT2D eigenvalue weighted by molar-refractivity contribution is 0.723. The minimum absolute atomic E-state index is 0.841. The van der Waals surface area contributed by atoms with Crippen LogP contribution in [0.2, 0.25) is 0 Å². The summed E-state index contributed by atoms with van der Waals surface area (Å²) in [5.41, 5.74) is 2.46. The average Bonchev–Trinajstić information content (AvgIpc) is 2.90. The molecule has 0 aromatic carbocycles. The van der Waals surface area contributed by atoms with Gasteiger partial charge in [-0.3, -0.25) is 4.98 Å². The standard InChI is InChI=1S/C16H24N4S/c1-4-7-14-15(11-17-5-2)21-16(19-14)20(3)12-13-8-6-9-18-10-13/h6,8-10,17H,4-5,7,11-12H2,1-3H3. The molecule has 1 N–H and O–H groups in total.